The van der Waals surface area contributed by atoms with Gasteiger partial charge in [-0.15, -0.1) is 0 Å². The number of pyridine rings is 1. The minimum atomic E-state index is -0.467. The lowest BCUT2D eigenvalue weighted by Crippen LogP contribution is -2.47. The molecule has 0 amide bonds. The largest absolute Gasteiger partial charge is 0.363 e. The maximum absolute atomic E-state index is 10.5. The summed E-state index contributed by atoms with van der Waals surface area (Å²) in [5.74, 6) is -0.0939. The molecule has 1 aliphatic rings. The van der Waals surface area contributed by atoms with Gasteiger partial charge in [-0.05, 0) is 49.1 Å². The summed E-state index contributed by atoms with van der Waals surface area (Å²) in [6.07, 6.45) is 5.15. The lowest BCUT2D eigenvalue weighted by molar-refractivity contribution is -0.389. The fourth-order valence-corrected chi connectivity index (χ4v) is 2.39. The molecule has 1 saturated heterocycles. The molecule has 92 valence electrons. The van der Waals surface area contributed by atoms with E-state index in [4.69, 9.17) is 0 Å². The number of anilines is 1. The van der Waals surface area contributed by atoms with Gasteiger partial charge in [0.15, 0.2) is 6.20 Å². The van der Waals surface area contributed by atoms with Crippen molar-refractivity contribution in [3.8, 4) is 0 Å². The molecular weight excluding hydrogens is 218 g/mol. The molecule has 17 heavy (non-hydrogen) atoms. The zero-order chi connectivity index (χ0) is 12.5. The van der Waals surface area contributed by atoms with Crippen LogP contribution in [0.4, 0.5) is 11.5 Å². The molecule has 0 atom stereocenters. The Morgan fingerprint density at radius 2 is 2.18 bits per heavy atom. The van der Waals surface area contributed by atoms with Gasteiger partial charge >= 0.3 is 5.82 Å². The molecular formula is C12H17N3O2. The number of aromatic nitrogens is 1. The minimum Gasteiger partial charge on any atom is -0.363 e. The van der Waals surface area contributed by atoms with E-state index >= 15 is 0 Å². The van der Waals surface area contributed by atoms with E-state index in [2.05, 4.69) is 23.7 Å². The molecule has 1 aromatic rings. The van der Waals surface area contributed by atoms with Crippen LogP contribution < -0.4 is 4.90 Å². The topological polar surface area (TPSA) is 59.3 Å². The van der Waals surface area contributed by atoms with Crippen molar-refractivity contribution in [1.29, 1.82) is 0 Å². The predicted octanol–water partition coefficient (Wildman–Crippen LogP) is 2.76. The SMILES string of the molecule is CC1(C)CCCCN1c1ccc([N+](=O)[O-])nc1. The summed E-state index contributed by atoms with van der Waals surface area (Å²) in [6.45, 7) is 5.40. The standard InChI is InChI=1S/C12H17N3O2/c1-12(2)7-3-4-8-14(12)10-5-6-11(13-9-10)15(16)17/h5-6,9H,3-4,7-8H2,1-2H3. The summed E-state index contributed by atoms with van der Waals surface area (Å²) in [6, 6.07) is 3.26. The fraction of sp³-hybridized carbons (Fsp3) is 0.583. The summed E-state index contributed by atoms with van der Waals surface area (Å²) >= 11 is 0. The van der Waals surface area contributed by atoms with Gasteiger partial charge in [0.2, 0.25) is 0 Å². The summed E-state index contributed by atoms with van der Waals surface area (Å²) in [5, 5.41) is 10.5. The minimum absolute atomic E-state index is 0.0939. The van der Waals surface area contributed by atoms with Crippen LogP contribution in [-0.2, 0) is 0 Å². The van der Waals surface area contributed by atoms with Crippen LogP contribution in [0.1, 0.15) is 33.1 Å². The van der Waals surface area contributed by atoms with E-state index in [1.165, 1.54) is 18.9 Å². The highest BCUT2D eigenvalue weighted by atomic mass is 16.6. The summed E-state index contributed by atoms with van der Waals surface area (Å²) in [5.41, 5.74) is 1.08. The van der Waals surface area contributed by atoms with E-state index in [0.717, 1.165) is 18.7 Å². The Balaban J connectivity index is 2.24. The second-order valence-electron chi connectivity index (χ2n) is 5.05. The highest BCUT2D eigenvalue weighted by molar-refractivity contribution is 5.49. The average Bonchev–Trinajstić information content (AvgIpc) is 2.28. The van der Waals surface area contributed by atoms with Crippen LogP contribution in [0.15, 0.2) is 18.3 Å². The van der Waals surface area contributed by atoms with E-state index in [9.17, 15) is 10.1 Å². The molecule has 0 spiro atoms. The van der Waals surface area contributed by atoms with Gasteiger partial charge in [0.1, 0.15) is 0 Å². The Morgan fingerprint density at radius 3 is 2.71 bits per heavy atom. The zero-order valence-corrected chi connectivity index (χ0v) is 10.2. The van der Waals surface area contributed by atoms with Crippen LogP contribution in [-0.4, -0.2) is 22.0 Å². The molecule has 0 saturated carbocycles. The van der Waals surface area contributed by atoms with Crippen LogP contribution in [0.5, 0.6) is 0 Å². The molecule has 0 unspecified atom stereocenters. The van der Waals surface area contributed by atoms with Crippen molar-refractivity contribution >= 4 is 11.5 Å². The third-order valence-corrected chi connectivity index (χ3v) is 3.38. The van der Waals surface area contributed by atoms with E-state index < -0.39 is 4.92 Å². The molecule has 5 heteroatoms. The van der Waals surface area contributed by atoms with Gasteiger partial charge in [-0.2, -0.15) is 0 Å². The molecule has 0 aromatic carbocycles. The van der Waals surface area contributed by atoms with Crippen LogP contribution >= 0.6 is 0 Å². The first-order valence-electron chi connectivity index (χ1n) is 5.89. The maximum Gasteiger partial charge on any atom is 0.363 e. The lowest BCUT2D eigenvalue weighted by Gasteiger charge is -2.43. The summed E-state index contributed by atoms with van der Waals surface area (Å²) in [7, 11) is 0. The van der Waals surface area contributed by atoms with Gasteiger partial charge in [-0.25, -0.2) is 0 Å². The highest BCUT2D eigenvalue weighted by Gasteiger charge is 2.30. The number of nitrogens with zero attached hydrogens (tertiary/aromatic N) is 3. The van der Waals surface area contributed by atoms with Crippen LogP contribution in [0.25, 0.3) is 0 Å². The predicted molar refractivity (Wildman–Crippen MR) is 66.2 cm³/mol. The second kappa shape index (κ2) is 4.31. The third kappa shape index (κ3) is 2.38. The Labute approximate surface area is 101 Å². The van der Waals surface area contributed by atoms with Crippen molar-refractivity contribution < 1.29 is 4.92 Å². The van der Waals surface area contributed by atoms with Gasteiger partial charge in [0, 0.05) is 18.2 Å². The van der Waals surface area contributed by atoms with Crippen molar-refractivity contribution in [2.45, 2.75) is 38.6 Å². The first-order valence-corrected chi connectivity index (χ1v) is 5.89. The van der Waals surface area contributed by atoms with Gasteiger partial charge in [-0.1, -0.05) is 0 Å². The van der Waals surface area contributed by atoms with Crippen LogP contribution in [0.2, 0.25) is 0 Å². The van der Waals surface area contributed by atoms with E-state index in [-0.39, 0.29) is 11.4 Å². The van der Waals surface area contributed by atoms with E-state index in [0.29, 0.717) is 0 Å². The number of nitro groups is 1. The Bertz CT molecular complexity index is 414. The molecule has 0 radical (unpaired) electrons. The molecule has 2 rings (SSSR count). The average molecular weight is 235 g/mol. The van der Waals surface area contributed by atoms with Gasteiger partial charge in [-0.3, -0.25) is 0 Å². The van der Waals surface area contributed by atoms with Crippen molar-refractivity contribution in [1.82, 2.24) is 4.98 Å². The lowest BCUT2D eigenvalue weighted by atomic mass is 9.90. The number of rotatable bonds is 2. The van der Waals surface area contributed by atoms with Crippen LogP contribution in [0.3, 0.4) is 0 Å². The summed E-state index contributed by atoms with van der Waals surface area (Å²) < 4.78 is 0. The Kier molecular flexibility index (Phi) is 3.00. The smallest absolute Gasteiger partial charge is 0.363 e. The number of hydrogen-bond acceptors (Lipinski definition) is 4. The molecule has 1 fully saturated rings. The van der Waals surface area contributed by atoms with Crippen molar-refractivity contribution in [2.75, 3.05) is 11.4 Å². The second-order valence-corrected chi connectivity index (χ2v) is 5.05. The Hall–Kier alpha value is -1.65. The highest BCUT2D eigenvalue weighted by Crippen LogP contribution is 2.32. The summed E-state index contributed by atoms with van der Waals surface area (Å²) in [4.78, 5) is 16.2. The Morgan fingerprint density at radius 1 is 1.41 bits per heavy atom. The zero-order valence-electron chi connectivity index (χ0n) is 10.2. The van der Waals surface area contributed by atoms with Crippen molar-refractivity contribution in [3.05, 3.63) is 28.4 Å². The number of piperidine rings is 1. The third-order valence-electron chi connectivity index (χ3n) is 3.38. The molecule has 0 aliphatic carbocycles. The van der Waals surface area contributed by atoms with E-state index in [1.807, 2.05) is 0 Å². The monoisotopic (exact) mass is 235 g/mol. The van der Waals surface area contributed by atoms with Gasteiger partial charge in [0.25, 0.3) is 0 Å². The fourth-order valence-electron chi connectivity index (χ4n) is 2.39. The van der Waals surface area contributed by atoms with Crippen LogP contribution in [0, 0.1) is 10.1 Å². The van der Waals surface area contributed by atoms with E-state index in [1.54, 1.807) is 12.3 Å². The van der Waals surface area contributed by atoms with Gasteiger partial charge in [0.05, 0.1) is 5.69 Å². The van der Waals surface area contributed by atoms with Crippen molar-refractivity contribution in [3.63, 3.8) is 0 Å². The first kappa shape index (κ1) is 11.8. The first-order chi connectivity index (χ1) is 8.00. The van der Waals surface area contributed by atoms with Crippen molar-refractivity contribution in [2.24, 2.45) is 0 Å². The van der Waals surface area contributed by atoms with Gasteiger partial charge < -0.3 is 15.0 Å². The number of hydrogen-bond donors (Lipinski definition) is 0. The molecule has 2 heterocycles. The normalized spacial score (nSPS) is 19.1. The molecule has 1 aliphatic heterocycles. The molecule has 5 nitrogen and oxygen atoms in total. The molecule has 0 N–H and O–H groups in total. The maximum atomic E-state index is 10.5. The molecule has 1 aromatic heterocycles. The molecule has 0 bridgehead atoms. The quantitative estimate of drug-likeness (QED) is 0.584.